The fraction of sp³-hybridized carbons (Fsp3) is 0.0952. The van der Waals surface area contributed by atoms with E-state index in [0.29, 0.717) is 17.8 Å². The zero-order valence-electron chi connectivity index (χ0n) is 16.6. The first-order valence-electron chi connectivity index (χ1n) is 9.03. The molecule has 172 valence electrons. The van der Waals surface area contributed by atoms with E-state index in [9.17, 15) is 31.5 Å². The lowest BCUT2D eigenvalue weighted by Crippen LogP contribution is -2.35. The van der Waals surface area contributed by atoms with Crippen molar-refractivity contribution in [1.82, 2.24) is 10.3 Å². The Morgan fingerprint density at radius 2 is 1.73 bits per heavy atom. The van der Waals surface area contributed by atoms with Gasteiger partial charge < -0.3 is 10.1 Å². The SMILES string of the molecule is Cc1ccc(NC(=O)NC(=O)c2c(F)cccc2F)cc1Oc1ncc(C(F)(F)F)cc1Cl. The molecule has 0 unspecified atom stereocenters. The van der Waals surface area contributed by atoms with E-state index in [0.717, 1.165) is 18.2 Å². The number of alkyl halides is 3. The molecule has 0 bridgehead atoms. The summed E-state index contributed by atoms with van der Waals surface area (Å²) in [6, 6.07) is 6.57. The van der Waals surface area contributed by atoms with Gasteiger partial charge in [0.25, 0.3) is 5.91 Å². The summed E-state index contributed by atoms with van der Waals surface area (Å²) in [5, 5.41) is 3.68. The van der Waals surface area contributed by atoms with Gasteiger partial charge in [0, 0.05) is 18.0 Å². The van der Waals surface area contributed by atoms with Gasteiger partial charge in [-0.1, -0.05) is 23.7 Å². The van der Waals surface area contributed by atoms with E-state index in [1.165, 1.54) is 18.2 Å². The van der Waals surface area contributed by atoms with Crippen LogP contribution in [0.1, 0.15) is 21.5 Å². The van der Waals surface area contributed by atoms with Crippen molar-refractivity contribution in [1.29, 1.82) is 0 Å². The number of amides is 3. The van der Waals surface area contributed by atoms with E-state index in [1.807, 2.05) is 0 Å². The van der Waals surface area contributed by atoms with Crippen molar-refractivity contribution < 1.29 is 36.3 Å². The summed E-state index contributed by atoms with van der Waals surface area (Å²) >= 11 is 5.84. The third-order valence-electron chi connectivity index (χ3n) is 4.20. The maximum absolute atomic E-state index is 13.7. The molecule has 0 radical (unpaired) electrons. The predicted octanol–water partition coefficient (Wildman–Crippen LogP) is 6.09. The third kappa shape index (κ3) is 5.75. The number of rotatable bonds is 4. The first-order chi connectivity index (χ1) is 15.5. The Morgan fingerprint density at radius 3 is 2.33 bits per heavy atom. The Morgan fingerprint density at radius 1 is 1.06 bits per heavy atom. The first-order valence-corrected chi connectivity index (χ1v) is 9.41. The topological polar surface area (TPSA) is 80.3 Å². The number of hydrogen-bond donors (Lipinski definition) is 2. The smallest absolute Gasteiger partial charge is 0.417 e. The molecule has 0 atom stereocenters. The van der Waals surface area contributed by atoms with Crippen LogP contribution in [0, 0.1) is 18.6 Å². The molecule has 3 rings (SSSR count). The molecule has 0 aliphatic heterocycles. The fourth-order valence-corrected chi connectivity index (χ4v) is 2.80. The lowest BCUT2D eigenvalue weighted by Gasteiger charge is -2.13. The van der Waals surface area contributed by atoms with E-state index < -0.39 is 45.9 Å². The summed E-state index contributed by atoms with van der Waals surface area (Å²) in [4.78, 5) is 27.7. The average Bonchev–Trinajstić information content (AvgIpc) is 2.71. The van der Waals surface area contributed by atoms with Crippen LogP contribution in [0.4, 0.5) is 32.4 Å². The summed E-state index contributed by atoms with van der Waals surface area (Å²) < 4.78 is 71.1. The Bertz CT molecular complexity index is 1210. The largest absolute Gasteiger partial charge is 0.437 e. The van der Waals surface area contributed by atoms with Crippen molar-refractivity contribution in [2.75, 3.05) is 5.32 Å². The van der Waals surface area contributed by atoms with Gasteiger partial charge in [-0.15, -0.1) is 0 Å². The molecule has 0 fully saturated rings. The Balaban J connectivity index is 1.74. The number of carbonyl (C=O) groups is 2. The molecule has 12 heteroatoms. The highest BCUT2D eigenvalue weighted by Crippen LogP contribution is 2.35. The van der Waals surface area contributed by atoms with Gasteiger partial charge in [0.1, 0.15) is 28.0 Å². The van der Waals surface area contributed by atoms with Gasteiger partial charge in [0.2, 0.25) is 5.88 Å². The minimum absolute atomic E-state index is 0.0911. The van der Waals surface area contributed by atoms with Gasteiger partial charge in [-0.2, -0.15) is 13.2 Å². The van der Waals surface area contributed by atoms with Crippen molar-refractivity contribution in [2.24, 2.45) is 0 Å². The molecule has 2 aromatic carbocycles. The van der Waals surface area contributed by atoms with E-state index >= 15 is 0 Å². The molecule has 0 aliphatic carbocycles. The van der Waals surface area contributed by atoms with Crippen molar-refractivity contribution in [3.05, 3.63) is 82.0 Å². The predicted molar refractivity (Wildman–Crippen MR) is 108 cm³/mol. The molecule has 3 aromatic rings. The molecule has 0 spiro atoms. The maximum atomic E-state index is 13.7. The highest BCUT2D eigenvalue weighted by molar-refractivity contribution is 6.31. The van der Waals surface area contributed by atoms with Crippen LogP contribution in [-0.2, 0) is 6.18 Å². The molecule has 0 saturated carbocycles. The summed E-state index contributed by atoms with van der Waals surface area (Å²) in [6.07, 6.45) is -4.08. The lowest BCUT2D eigenvalue weighted by molar-refractivity contribution is -0.137. The monoisotopic (exact) mass is 485 g/mol. The summed E-state index contributed by atoms with van der Waals surface area (Å²) in [7, 11) is 0. The molecule has 0 saturated heterocycles. The van der Waals surface area contributed by atoms with Crippen molar-refractivity contribution in [3.63, 3.8) is 0 Å². The van der Waals surface area contributed by atoms with Crippen molar-refractivity contribution in [3.8, 4) is 11.6 Å². The minimum Gasteiger partial charge on any atom is -0.437 e. The van der Waals surface area contributed by atoms with Crippen LogP contribution in [0.15, 0.2) is 48.7 Å². The van der Waals surface area contributed by atoms with Gasteiger partial charge in [-0.05, 0) is 36.8 Å². The average molecular weight is 486 g/mol. The number of nitrogens with zero attached hydrogens (tertiary/aromatic N) is 1. The van der Waals surface area contributed by atoms with E-state index in [4.69, 9.17) is 16.3 Å². The van der Waals surface area contributed by atoms with Gasteiger partial charge in [0.15, 0.2) is 0 Å². The number of aromatic nitrogens is 1. The Labute approximate surface area is 188 Å². The summed E-state index contributed by atoms with van der Waals surface area (Å²) in [5.74, 6) is -3.81. The molecule has 0 aliphatic rings. The number of halogens is 6. The Hall–Kier alpha value is -3.73. The van der Waals surface area contributed by atoms with E-state index in [1.54, 1.807) is 12.2 Å². The maximum Gasteiger partial charge on any atom is 0.417 e. The van der Waals surface area contributed by atoms with E-state index in [-0.39, 0.29) is 17.3 Å². The number of urea groups is 1. The van der Waals surface area contributed by atoms with Crippen LogP contribution in [0.5, 0.6) is 11.6 Å². The van der Waals surface area contributed by atoms with Crippen LogP contribution < -0.4 is 15.4 Å². The highest BCUT2D eigenvalue weighted by Gasteiger charge is 2.32. The zero-order chi connectivity index (χ0) is 24.3. The number of benzene rings is 2. The normalized spacial score (nSPS) is 11.1. The number of imide groups is 1. The Kier molecular flexibility index (Phi) is 6.82. The second-order valence-corrected chi connectivity index (χ2v) is 7.00. The molecule has 1 heterocycles. The zero-order valence-corrected chi connectivity index (χ0v) is 17.3. The summed E-state index contributed by atoms with van der Waals surface area (Å²) in [6.45, 7) is 1.61. The van der Waals surface area contributed by atoms with Crippen LogP contribution in [0.2, 0.25) is 5.02 Å². The molecule has 2 N–H and O–H groups in total. The lowest BCUT2D eigenvalue weighted by atomic mass is 10.2. The van der Waals surface area contributed by atoms with Gasteiger partial charge in [-0.25, -0.2) is 18.6 Å². The second-order valence-electron chi connectivity index (χ2n) is 6.60. The van der Waals surface area contributed by atoms with Crippen LogP contribution in [0.3, 0.4) is 0 Å². The van der Waals surface area contributed by atoms with Gasteiger partial charge in [-0.3, -0.25) is 10.1 Å². The number of pyridine rings is 1. The van der Waals surface area contributed by atoms with Crippen LogP contribution in [0.25, 0.3) is 0 Å². The second kappa shape index (κ2) is 9.41. The van der Waals surface area contributed by atoms with Crippen molar-refractivity contribution >= 4 is 29.2 Å². The van der Waals surface area contributed by atoms with Gasteiger partial charge in [0.05, 0.1) is 5.56 Å². The molecule has 33 heavy (non-hydrogen) atoms. The molecule has 1 aromatic heterocycles. The number of aryl methyl sites for hydroxylation is 1. The van der Waals surface area contributed by atoms with Crippen molar-refractivity contribution in [2.45, 2.75) is 13.1 Å². The quantitative estimate of drug-likeness (QED) is 0.438. The minimum atomic E-state index is -4.63. The molecule has 3 amide bonds. The summed E-state index contributed by atoms with van der Waals surface area (Å²) in [5.41, 5.74) is -1.37. The number of anilines is 1. The first kappa shape index (κ1) is 23.9. The number of ether oxygens (including phenoxy) is 1. The van der Waals surface area contributed by atoms with E-state index in [2.05, 4.69) is 10.3 Å². The molecule has 6 nitrogen and oxygen atoms in total. The molecular formula is C21H13ClF5N3O3. The third-order valence-corrected chi connectivity index (χ3v) is 4.48. The fourth-order valence-electron chi connectivity index (χ4n) is 2.59. The highest BCUT2D eigenvalue weighted by atomic mass is 35.5. The van der Waals surface area contributed by atoms with Crippen LogP contribution in [-0.4, -0.2) is 16.9 Å². The number of hydrogen-bond acceptors (Lipinski definition) is 4. The number of carbonyl (C=O) groups excluding carboxylic acids is 2. The standard InChI is InChI=1S/C21H13ClF5N3O3/c1-10-5-6-12(29-20(32)30-18(31)17-14(23)3-2-4-15(17)24)8-16(10)33-19-13(22)7-11(9-28-19)21(25,26)27/h2-9H,1H3,(H2,29,30,31,32). The van der Waals surface area contributed by atoms with Crippen LogP contribution >= 0.6 is 11.6 Å². The van der Waals surface area contributed by atoms with Gasteiger partial charge >= 0.3 is 12.2 Å². The number of nitrogens with one attached hydrogen (secondary N) is 2. The molecular weight excluding hydrogens is 473 g/mol.